The van der Waals surface area contributed by atoms with Crippen LogP contribution in [0, 0.1) is 18.8 Å². The van der Waals surface area contributed by atoms with Gasteiger partial charge in [0.15, 0.2) is 0 Å². The molecule has 9 heteroatoms. The summed E-state index contributed by atoms with van der Waals surface area (Å²) in [6, 6.07) is 8.95. The van der Waals surface area contributed by atoms with E-state index in [9.17, 15) is 4.79 Å². The van der Waals surface area contributed by atoms with Gasteiger partial charge in [-0.05, 0) is 31.2 Å². The molecule has 0 unspecified atom stereocenters. The first-order chi connectivity index (χ1) is 16.0. The Bertz CT molecular complexity index is 1240. The first kappa shape index (κ1) is 22.5. The number of nitrogens with zero attached hydrogens (tertiary/aromatic N) is 4. The Morgan fingerprint density at radius 2 is 1.97 bits per heavy atom. The van der Waals surface area contributed by atoms with Crippen molar-refractivity contribution < 1.29 is 9.53 Å². The minimum atomic E-state index is -0.120. The third kappa shape index (κ3) is 5.06. The lowest BCUT2D eigenvalue weighted by molar-refractivity contribution is 0.0303. The van der Waals surface area contributed by atoms with Crippen molar-refractivity contribution in [3.63, 3.8) is 0 Å². The monoisotopic (exact) mass is 462 g/mol. The van der Waals surface area contributed by atoms with Gasteiger partial charge in [0.05, 0.1) is 40.8 Å². The van der Waals surface area contributed by atoms with Crippen LogP contribution in [0.25, 0.3) is 11.3 Å². The van der Waals surface area contributed by atoms with Crippen LogP contribution in [-0.2, 0) is 4.74 Å². The molecular weight excluding hydrogens is 440 g/mol. The number of hydrogen-bond donors (Lipinski definition) is 2. The number of anilines is 2. The molecule has 1 saturated heterocycles. The average molecular weight is 463 g/mol. The number of benzene rings is 1. The molecule has 1 aliphatic heterocycles. The van der Waals surface area contributed by atoms with Crippen molar-refractivity contribution in [3.8, 4) is 23.1 Å². The summed E-state index contributed by atoms with van der Waals surface area (Å²) in [5.74, 6) is 7.03. The molecule has 1 fully saturated rings. The second-order valence-corrected chi connectivity index (χ2v) is 7.83. The van der Waals surface area contributed by atoms with Gasteiger partial charge in [-0.3, -0.25) is 4.79 Å². The van der Waals surface area contributed by atoms with Gasteiger partial charge < -0.3 is 20.7 Å². The molecule has 0 spiro atoms. The van der Waals surface area contributed by atoms with Crippen LogP contribution in [0.15, 0.2) is 36.5 Å². The predicted octanol–water partition coefficient (Wildman–Crippen LogP) is 3.00. The molecule has 0 bridgehead atoms. The van der Waals surface area contributed by atoms with Crippen molar-refractivity contribution in [2.45, 2.75) is 6.92 Å². The Morgan fingerprint density at radius 1 is 1.18 bits per heavy atom. The fourth-order valence-electron chi connectivity index (χ4n) is 3.48. The van der Waals surface area contributed by atoms with Crippen molar-refractivity contribution >= 4 is 29.3 Å². The van der Waals surface area contributed by atoms with Crippen LogP contribution in [0.5, 0.6) is 0 Å². The third-order valence-electron chi connectivity index (χ3n) is 5.23. The van der Waals surface area contributed by atoms with Crippen molar-refractivity contribution in [2.24, 2.45) is 0 Å². The zero-order valence-electron chi connectivity index (χ0n) is 18.4. The van der Waals surface area contributed by atoms with E-state index in [4.69, 9.17) is 22.1 Å². The molecule has 0 saturated carbocycles. The van der Waals surface area contributed by atoms with Crippen LogP contribution >= 0.6 is 11.6 Å². The molecule has 1 aliphatic rings. The van der Waals surface area contributed by atoms with Crippen LogP contribution < -0.4 is 11.1 Å². The van der Waals surface area contributed by atoms with Gasteiger partial charge in [0.2, 0.25) is 5.95 Å². The highest BCUT2D eigenvalue weighted by Gasteiger charge is 2.21. The summed E-state index contributed by atoms with van der Waals surface area (Å²) in [5, 5.41) is 3.31. The number of pyridine rings is 1. The van der Waals surface area contributed by atoms with Crippen molar-refractivity contribution in [1.29, 1.82) is 0 Å². The third-order valence-corrected chi connectivity index (χ3v) is 5.54. The maximum Gasteiger partial charge on any atom is 0.255 e. The number of nitrogen functional groups attached to an aromatic ring is 1. The second-order valence-electron chi connectivity index (χ2n) is 7.42. The van der Waals surface area contributed by atoms with E-state index in [1.54, 1.807) is 36.3 Å². The van der Waals surface area contributed by atoms with E-state index in [1.165, 1.54) is 0 Å². The van der Waals surface area contributed by atoms with Gasteiger partial charge in [0.25, 0.3) is 5.91 Å². The molecular formula is C24H23ClN6O2. The predicted molar refractivity (Wildman–Crippen MR) is 128 cm³/mol. The van der Waals surface area contributed by atoms with E-state index < -0.39 is 0 Å². The van der Waals surface area contributed by atoms with Crippen LogP contribution in [0.4, 0.5) is 11.8 Å². The Hall–Kier alpha value is -3.67. The van der Waals surface area contributed by atoms with E-state index in [-0.39, 0.29) is 11.9 Å². The fraction of sp³-hybridized carbons (Fsp3) is 0.250. The van der Waals surface area contributed by atoms with Gasteiger partial charge >= 0.3 is 0 Å². The summed E-state index contributed by atoms with van der Waals surface area (Å²) >= 11 is 6.52. The smallest absolute Gasteiger partial charge is 0.255 e. The highest BCUT2D eigenvalue weighted by molar-refractivity contribution is 6.34. The van der Waals surface area contributed by atoms with E-state index in [0.717, 1.165) is 11.4 Å². The van der Waals surface area contributed by atoms with Gasteiger partial charge in [-0.25, -0.2) is 15.0 Å². The molecule has 3 N–H and O–H groups in total. The standard InChI is InChI=1S/C24H23ClN6O2/c1-15-18(6-3-16-4-8-21(27-2)28-14-16)22(30-24(26)29-15)17-5-7-19(20(25)13-17)23(32)31-9-11-33-12-10-31/h4-5,7-8,13-14H,9-12H2,1-2H3,(H,27,28)(H2,26,29,30). The highest BCUT2D eigenvalue weighted by Crippen LogP contribution is 2.29. The second kappa shape index (κ2) is 9.86. The number of nitrogens with one attached hydrogen (secondary N) is 1. The Balaban J connectivity index is 1.69. The van der Waals surface area contributed by atoms with Crippen molar-refractivity contribution in [1.82, 2.24) is 19.9 Å². The molecule has 8 nitrogen and oxygen atoms in total. The molecule has 1 amide bonds. The lowest BCUT2D eigenvalue weighted by Crippen LogP contribution is -2.40. The number of aromatic nitrogens is 3. The molecule has 3 heterocycles. The number of carbonyl (C=O) groups excluding carboxylic acids is 1. The lowest BCUT2D eigenvalue weighted by Gasteiger charge is -2.27. The van der Waals surface area contributed by atoms with E-state index in [2.05, 4.69) is 32.1 Å². The molecule has 3 aromatic rings. The van der Waals surface area contributed by atoms with Crippen LogP contribution in [-0.4, -0.2) is 59.1 Å². The minimum absolute atomic E-state index is 0.120. The van der Waals surface area contributed by atoms with Gasteiger partial charge in [0, 0.05) is 37.5 Å². The van der Waals surface area contributed by atoms with Crippen LogP contribution in [0.2, 0.25) is 5.02 Å². The molecule has 0 aliphatic carbocycles. The van der Waals surface area contributed by atoms with E-state index in [1.807, 2.05) is 19.1 Å². The number of halogens is 1. The zero-order valence-corrected chi connectivity index (χ0v) is 19.1. The molecule has 0 atom stereocenters. The number of rotatable bonds is 3. The quantitative estimate of drug-likeness (QED) is 0.576. The molecule has 2 aromatic heterocycles. The Kier molecular flexibility index (Phi) is 6.73. The van der Waals surface area contributed by atoms with Crippen LogP contribution in [0.1, 0.15) is 27.2 Å². The number of ether oxygens (including phenoxy) is 1. The maximum atomic E-state index is 12.9. The minimum Gasteiger partial charge on any atom is -0.378 e. The molecule has 33 heavy (non-hydrogen) atoms. The lowest BCUT2D eigenvalue weighted by atomic mass is 10.0. The molecule has 4 rings (SSSR count). The fourth-order valence-corrected chi connectivity index (χ4v) is 3.74. The van der Waals surface area contributed by atoms with Crippen molar-refractivity contribution in [2.75, 3.05) is 44.4 Å². The topological polar surface area (TPSA) is 106 Å². The van der Waals surface area contributed by atoms with Gasteiger partial charge in [-0.15, -0.1) is 0 Å². The summed E-state index contributed by atoms with van der Waals surface area (Å²) in [7, 11) is 1.81. The number of morpholine rings is 1. The normalized spacial score (nSPS) is 13.2. The van der Waals surface area contributed by atoms with Gasteiger partial charge in [0.1, 0.15) is 5.82 Å². The molecule has 1 aromatic carbocycles. The molecule has 0 radical (unpaired) electrons. The van der Waals surface area contributed by atoms with Crippen LogP contribution in [0.3, 0.4) is 0 Å². The number of aryl methyl sites for hydroxylation is 1. The average Bonchev–Trinajstić information content (AvgIpc) is 2.83. The first-order valence-electron chi connectivity index (χ1n) is 10.4. The van der Waals surface area contributed by atoms with E-state index >= 15 is 0 Å². The number of amides is 1. The SMILES string of the molecule is CNc1ccc(C#Cc2c(C)nc(N)nc2-c2ccc(C(=O)N3CCOCC3)c(Cl)c2)cn1. The first-order valence-corrected chi connectivity index (χ1v) is 10.8. The summed E-state index contributed by atoms with van der Waals surface area (Å²) < 4.78 is 5.32. The Labute approximate surface area is 197 Å². The summed E-state index contributed by atoms with van der Waals surface area (Å²) in [4.78, 5) is 27.5. The van der Waals surface area contributed by atoms with Gasteiger partial charge in [-0.2, -0.15) is 0 Å². The summed E-state index contributed by atoms with van der Waals surface area (Å²) in [6.07, 6.45) is 1.69. The number of hydrogen-bond acceptors (Lipinski definition) is 7. The number of carbonyl (C=O) groups is 1. The molecule has 168 valence electrons. The maximum absolute atomic E-state index is 12.9. The highest BCUT2D eigenvalue weighted by atomic mass is 35.5. The zero-order chi connectivity index (χ0) is 23.4. The number of nitrogens with two attached hydrogens (primary N) is 1. The van der Waals surface area contributed by atoms with Gasteiger partial charge in [-0.1, -0.05) is 29.5 Å². The largest absolute Gasteiger partial charge is 0.378 e. The summed E-state index contributed by atoms with van der Waals surface area (Å²) in [6.45, 7) is 3.96. The van der Waals surface area contributed by atoms with Crippen molar-refractivity contribution in [3.05, 3.63) is 63.9 Å². The Morgan fingerprint density at radius 3 is 2.64 bits per heavy atom. The summed E-state index contributed by atoms with van der Waals surface area (Å²) in [5.41, 5.74) is 9.64. The van der Waals surface area contributed by atoms with E-state index in [0.29, 0.717) is 59.4 Å².